The summed E-state index contributed by atoms with van der Waals surface area (Å²) in [6, 6.07) is 15.7. The van der Waals surface area contributed by atoms with Gasteiger partial charge in [0, 0.05) is 6.07 Å². The second kappa shape index (κ2) is 8.29. The SMILES string of the molecule is COc1ccc2sc(N(CC[NH+](C)C)C(=O)Cc3ccccc3)nc2c1. The van der Waals surface area contributed by atoms with Crippen LogP contribution in [-0.4, -0.2) is 45.2 Å². The van der Waals surface area contributed by atoms with E-state index in [1.54, 1.807) is 18.4 Å². The molecule has 0 saturated carbocycles. The van der Waals surface area contributed by atoms with E-state index in [4.69, 9.17) is 9.72 Å². The van der Waals surface area contributed by atoms with Gasteiger partial charge in [0.2, 0.25) is 5.91 Å². The first kappa shape index (κ1) is 18.4. The van der Waals surface area contributed by atoms with E-state index in [1.165, 1.54) is 4.90 Å². The van der Waals surface area contributed by atoms with E-state index in [9.17, 15) is 4.79 Å². The third-order valence-electron chi connectivity index (χ3n) is 4.15. The van der Waals surface area contributed by atoms with Crippen LogP contribution in [0.25, 0.3) is 10.2 Å². The molecule has 0 saturated heterocycles. The van der Waals surface area contributed by atoms with Crippen molar-refractivity contribution >= 4 is 32.6 Å². The molecule has 2 aromatic carbocycles. The van der Waals surface area contributed by atoms with Gasteiger partial charge in [-0.15, -0.1) is 0 Å². The third-order valence-corrected chi connectivity index (χ3v) is 5.21. The minimum atomic E-state index is 0.0727. The second-order valence-corrected chi connectivity index (χ2v) is 7.50. The first-order chi connectivity index (χ1) is 12.6. The molecule has 136 valence electrons. The molecule has 6 heteroatoms. The third kappa shape index (κ3) is 4.39. The number of thiazole rings is 1. The number of nitrogens with zero attached hydrogens (tertiary/aromatic N) is 2. The van der Waals surface area contributed by atoms with Crippen LogP contribution in [-0.2, 0) is 11.2 Å². The number of rotatable bonds is 7. The Bertz CT molecular complexity index is 877. The summed E-state index contributed by atoms with van der Waals surface area (Å²) < 4.78 is 6.33. The van der Waals surface area contributed by atoms with Crippen LogP contribution in [0.4, 0.5) is 5.13 Å². The Labute approximate surface area is 157 Å². The zero-order valence-corrected chi connectivity index (χ0v) is 16.2. The lowest BCUT2D eigenvalue weighted by molar-refractivity contribution is -0.856. The summed E-state index contributed by atoms with van der Waals surface area (Å²) in [6.45, 7) is 1.50. The molecule has 26 heavy (non-hydrogen) atoms. The van der Waals surface area contributed by atoms with Gasteiger partial charge in [-0.1, -0.05) is 41.7 Å². The predicted octanol–water partition coefficient (Wildman–Crippen LogP) is 2.03. The molecule has 0 aliphatic rings. The standard InChI is InChI=1S/C20H23N3O2S/c1-22(2)11-12-23(19(24)13-15-7-5-4-6-8-15)20-21-17-14-16(25-3)9-10-18(17)26-20/h4-10,14H,11-13H2,1-3H3/p+1. The molecule has 0 radical (unpaired) electrons. The first-order valence-electron chi connectivity index (χ1n) is 8.64. The number of hydrogen-bond donors (Lipinski definition) is 1. The number of likely N-dealkylation sites (N-methyl/N-ethyl adjacent to an activating group) is 1. The summed E-state index contributed by atoms with van der Waals surface area (Å²) in [7, 11) is 5.82. The van der Waals surface area contributed by atoms with E-state index in [2.05, 4.69) is 14.1 Å². The fourth-order valence-electron chi connectivity index (χ4n) is 2.67. The first-order valence-corrected chi connectivity index (χ1v) is 9.46. The summed E-state index contributed by atoms with van der Waals surface area (Å²) in [4.78, 5) is 20.8. The summed E-state index contributed by atoms with van der Waals surface area (Å²) in [5.41, 5.74) is 1.88. The number of benzene rings is 2. The van der Waals surface area contributed by atoms with Gasteiger partial charge in [0.15, 0.2) is 5.13 Å². The monoisotopic (exact) mass is 370 g/mol. The van der Waals surface area contributed by atoms with Gasteiger partial charge in [0.25, 0.3) is 0 Å². The van der Waals surface area contributed by atoms with Gasteiger partial charge in [-0.2, -0.15) is 0 Å². The fourth-order valence-corrected chi connectivity index (χ4v) is 3.66. The zero-order valence-electron chi connectivity index (χ0n) is 15.4. The van der Waals surface area contributed by atoms with Crippen molar-refractivity contribution in [2.24, 2.45) is 0 Å². The van der Waals surface area contributed by atoms with Crippen LogP contribution in [0.5, 0.6) is 5.75 Å². The van der Waals surface area contributed by atoms with Gasteiger partial charge in [-0.3, -0.25) is 9.69 Å². The number of carbonyl (C=O) groups excluding carboxylic acids is 1. The van der Waals surface area contributed by atoms with E-state index in [-0.39, 0.29) is 5.91 Å². The topological polar surface area (TPSA) is 46.9 Å². The van der Waals surface area contributed by atoms with Gasteiger partial charge in [-0.05, 0) is 17.7 Å². The molecule has 3 aromatic rings. The number of quaternary nitrogens is 1. The summed E-state index contributed by atoms with van der Waals surface area (Å²) >= 11 is 1.54. The molecule has 0 fully saturated rings. The van der Waals surface area contributed by atoms with Gasteiger partial charge in [0.05, 0.1) is 50.9 Å². The highest BCUT2D eigenvalue weighted by molar-refractivity contribution is 7.22. The lowest BCUT2D eigenvalue weighted by Gasteiger charge is -2.20. The molecule has 0 unspecified atom stereocenters. The second-order valence-electron chi connectivity index (χ2n) is 6.49. The Balaban J connectivity index is 1.88. The summed E-state index contributed by atoms with van der Waals surface area (Å²) in [6.07, 6.45) is 0.378. The van der Waals surface area contributed by atoms with E-state index in [1.807, 2.05) is 53.4 Å². The van der Waals surface area contributed by atoms with E-state index in [0.29, 0.717) is 13.0 Å². The highest BCUT2D eigenvalue weighted by atomic mass is 32.1. The van der Waals surface area contributed by atoms with Gasteiger partial charge in [0.1, 0.15) is 5.75 Å². The summed E-state index contributed by atoms with van der Waals surface area (Å²) in [5.74, 6) is 0.845. The molecular weight excluding hydrogens is 346 g/mol. The molecular formula is C20H24N3O2S+. The van der Waals surface area contributed by atoms with Crippen LogP contribution >= 0.6 is 11.3 Å². The van der Waals surface area contributed by atoms with E-state index in [0.717, 1.165) is 33.2 Å². The Morgan fingerprint density at radius 3 is 2.65 bits per heavy atom. The minimum Gasteiger partial charge on any atom is -0.497 e. The molecule has 0 bridgehead atoms. The summed E-state index contributed by atoms with van der Waals surface area (Å²) in [5, 5.41) is 0.746. The number of fused-ring (bicyclic) bond motifs is 1. The number of amides is 1. The highest BCUT2D eigenvalue weighted by Gasteiger charge is 2.21. The highest BCUT2D eigenvalue weighted by Crippen LogP contribution is 2.31. The van der Waals surface area contributed by atoms with Gasteiger partial charge < -0.3 is 9.64 Å². The van der Waals surface area contributed by atoms with Crippen molar-refractivity contribution in [3.63, 3.8) is 0 Å². The quantitative estimate of drug-likeness (QED) is 0.692. The fraction of sp³-hybridized carbons (Fsp3) is 0.300. The lowest BCUT2D eigenvalue weighted by Crippen LogP contribution is -3.06. The van der Waals surface area contributed by atoms with Crippen molar-refractivity contribution in [1.29, 1.82) is 0 Å². The average molecular weight is 370 g/mol. The molecule has 5 nitrogen and oxygen atoms in total. The number of methoxy groups -OCH3 is 1. The van der Waals surface area contributed by atoms with Crippen molar-refractivity contribution in [2.45, 2.75) is 6.42 Å². The normalized spacial score (nSPS) is 11.1. The molecule has 1 aromatic heterocycles. The molecule has 0 atom stereocenters. The number of nitrogens with one attached hydrogen (secondary N) is 1. The number of carbonyl (C=O) groups is 1. The predicted molar refractivity (Wildman–Crippen MR) is 106 cm³/mol. The number of ether oxygens (including phenoxy) is 1. The lowest BCUT2D eigenvalue weighted by atomic mass is 10.1. The van der Waals surface area contributed by atoms with Crippen LogP contribution in [0.3, 0.4) is 0 Å². The van der Waals surface area contributed by atoms with Crippen LogP contribution in [0, 0.1) is 0 Å². The largest absolute Gasteiger partial charge is 0.497 e. The number of hydrogen-bond acceptors (Lipinski definition) is 4. The van der Waals surface area contributed by atoms with Crippen molar-refractivity contribution in [1.82, 2.24) is 4.98 Å². The van der Waals surface area contributed by atoms with Crippen LogP contribution in [0.1, 0.15) is 5.56 Å². The molecule has 1 N–H and O–H groups in total. The van der Waals surface area contributed by atoms with Crippen molar-refractivity contribution in [3.8, 4) is 5.75 Å². The Morgan fingerprint density at radius 2 is 1.96 bits per heavy atom. The van der Waals surface area contributed by atoms with Crippen molar-refractivity contribution in [2.75, 3.05) is 39.2 Å². The molecule has 1 heterocycles. The molecule has 1 amide bonds. The van der Waals surface area contributed by atoms with Crippen LogP contribution in [0.15, 0.2) is 48.5 Å². The van der Waals surface area contributed by atoms with Gasteiger partial charge in [-0.25, -0.2) is 4.98 Å². The Morgan fingerprint density at radius 1 is 1.19 bits per heavy atom. The average Bonchev–Trinajstić information content (AvgIpc) is 3.05. The van der Waals surface area contributed by atoms with E-state index < -0.39 is 0 Å². The Hall–Kier alpha value is -2.44. The maximum Gasteiger partial charge on any atom is 0.233 e. The maximum atomic E-state index is 13.0. The van der Waals surface area contributed by atoms with Crippen molar-refractivity contribution in [3.05, 3.63) is 54.1 Å². The minimum absolute atomic E-state index is 0.0727. The van der Waals surface area contributed by atoms with Gasteiger partial charge >= 0.3 is 0 Å². The van der Waals surface area contributed by atoms with Crippen LogP contribution in [0.2, 0.25) is 0 Å². The van der Waals surface area contributed by atoms with Crippen LogP contribution < -0.4 is 14.5 Å². The smallest absolute Gasteiger partial charge is 0.233 e. The van der Waals surface area contributed by atoms with E-state index >= 15 is 0 Å². The Kier molecular flexibility index (Phi) is 5.85. The molecule has 0 spiro atoms. The zero-order chi connectivity index (χ0) is 18.5. The maximum absolute atomic E-state index is 13.0. The molecule has 0 aliphatic heterocycles. The number of aromatic nitrogens is 1. The molecule has 0 aliphatic carbocycles. The molecule has 3 rings (SSSR count). The number of anilines is 1. The van der Waals surface area contributed by atoms with Crippen molar-refractivity contribution < 1.29 is 14.4 Å².